The van der Waals surface area contributed by atoms with Crippen LogP contribution in [-0.2, 0) is 9.59 Å². The topological polar surface area (TPSA) is 61.4 Å². The smallest absolute Gasteiger partial charge is 0.248 e. The Morgan fingerprint density at radius 1 is 1.12 bits per heavy atom. The summed E-state index contributed by atoms with van der Waals surface area (Å²) in [4.78, 5) is 27.0. The van der Waals surface area contributed by atoms with Gasteiger partial charge in [-0.1, -0.05) is 41.4 Å². The van der Waals surface area contributed by atoms with Crippen LogP contribution in [0, 0.1) is 26.6 Å². The predicted octanol–water partition coefficient (Wildman–Crippen LogP) is 6.27. The molecule has 0 radical (unpaired) electrons. The maximum atomic E-state index is 13.6. The summed E-state index contributed by atoms with van der Waals surface area (Å²) in [6, 6.07) is 14.6. The Bertz CT molecular complexity index is 1230. The molecule has 3 aromatic rings. The van der Waals surface area contributed by atoms with Crippen LogP contribution in [0.2, 0.25) is 5.02 Å². The molecule has 0 spiro atoms. The van der Waals surface area contributed by atoms with E-state index in [1.807, 2.05) is 49.3 Å². The summed E-state index contributed by atoms with van der Waals surface area (Å²) >= 11 is 7.53. The summed E-state index contributed by atoms with van der Waals surface area (Å²) in [5.41, 5.74) is 5.01. The van der Waals surface area contributed by atoms with Gasteiger partial charge in [0.25, 0.3) is 0 Å². The Balaban J connectivity index is 1.66. The van der Waals surface area contributed by atoms with E-state index < -0.39 is 17.8 Å². The van der Waals surface area contributed by atoms with Crippen molar-refractivity contribution >= 4 is 52.4 Å². The fourth-order valence-electron chi connectivity index (χ4n) is 3.93. The van der Waals surface area contributed by atoms with E-state index in [0.29, 0.717) is 5.69 Å². The number of halogens is 2. The lowest BCUT2D eigenvalue weighted by Crippen LogP contribution is -2.46. The Hall–Kier alpha value is -3.03. The van der Waals surface area contributed by atoms with Gasteiger partial charge in [0, 0.05) is 4.90 Å². The number of hydrogen-bond acceptors (Lipinski definition) is 4. The number of fused-ring (bicyclic) bond motifs is 1. The molecule has 170 valence electrons. The minimum absolute atomic E-state index is 0.135. The maximum Gasteiger partial charge on any atom is 0.248 e. The van der Waals surface area contributed by atoms with E-state index in [-0.39, 0.29) is 23.0 Å². The lowest BCUT2D eigenvalue weighted by atomic mass is 10.1. The van der Waals surface area contributed by atoms with Crippen LogP contribution in [0.1, 0.15) is 23.1 Å². The fraction of sp³-hybridized carbons (Fsp3) is 0.200. The first-order valence-electron chi connectivity index (χ1n) is 10.4. The van der Waals surface area contributed by atoms with Crippen molar-refractivity contribution in [2.45, 2.75) is 38.1 Å². The summed E-state index contributed by atoms with van der Waals surface area (Å²) in [6.07, 6.45) is -0.135. The van der Waals surface area contributed by atoms with E-state index >= 15 is 0 Å². The van der Waals surface area contributed by atoms with E-state index in [9.17, 15) is 14.0 Å². The van der Waals surface area contributed by atoms with Crippen LogP contribution in [-0.4, -0.2) is 17.9 Å². The molecule has 0 saturated carbocycles. The zero-order chi connectivity index (χ0) is 23.7. The normalized spacial score (nSPS) is 15.1. The molecule has 0 aliphatic carbocycles. The molecule has 1 aliphatic rings. The largest absolute Gasteiger partial charge is 0.325 e. The molecular formula is C25H23ClFN3O2S. The number of carbonyl (C=O) groups excluding carboxylic acids is 2. The van der Waals surface area contributed by atoms with Crippen molar-refractivity contribution in [3.63, 3.8) is 0 Å². The lowest BCUT2D eigenvalue weighted by Gasteiger charge is -2.37. The molecule has 1 atom stereocenters. The van der Waals surface area contributed by atoms with Gasteiger partial charge >= 0.3 is 0 Å². The molecule has 0 fully saturated rings. The number of anilines is 3. The van der Waals surface area contributed by atoms with E-state index in [4.69, 9.17) is 11.6 Å². The van der Waals surface area contributed by atoms with Crippen LogP contribution >= 0.6 is 23.5 Å². The van der Waals surface area contributed by atoms with Crippen molar-refractivity contribution < 1.29 is 14.0 Å². The van der Waals surface area contributed by atoms with Crippen LogP contribution in [0.3, 0.4) is 0 Å². The van der Waals surface area contributed by atoms with Gasteiger partial charge in [0.05, 0.1) is 28.5 Å². The standard InChI is InChI=1S/C25H23ClFN3O2S/c1-14-10-15(2)24(16(3)11-14)33-30-21-7-5-4-6-19(21)29-25(32)22(30)13-23(31)28-20-12-17(27)8-9-18(20)26/h4-12,22H,13H2,1-3H3,(H,28,31)(H,29,32). The van der Waals surface area contributed by atoms with Crippen molar-refractivity contribution in [3.8, 4) is 0 Å². The number of carbonyl (C=O) groups is 2. The number of hydrogen-bond donors (Lipinski definition) is 2. The molecule has 1 unspecified atom stereocenters. The number of nitrogens with zero attached hydrogens (tertiary/aromatic N) is 1. The molecule has 5 nitrogen and oxygen atoms in total. The van der Waals surface area contributed by atoms with Crippen LogP contribution in [0.25, 0.3) is 0 Å². The molecular weight excluding hydrogens is 461 g/mol. The van der Waals surface area contributed by atoms with Gasteiger partial charge in [-0.25, -0.2) is 4.39 Å². The molecule has 2 N–H and O–H groups in total. The highest BCUT2D eigenvalue weighted by molar-refractivity contribution is 8.00. The second-order valence-electron chi connectivity index (χ2n) is 8.04. The van der Waals surface area contributed by atoms with Gasteiger partial charge in [-0.2, -0.15) is 0 Å². The van der Waals surface area contributed by atoms with Gasteiger partial charge in [-0.15, -0.1) is 0 Å². The Kier molecular flexibility index (Phi) is 6.63. The molecule has 1 aliphatic heterocycles. The monoisotopic (exact) mass is 483 g/mol. The molecule has 3 aromatic carbocycles. The lowest BCUT2D eigenvalue weighted by molar-refractivity contribution is -0.122. The molecule has 0 saturated heterocycles. The second kappa shape index (κ2) is 9.45. The zero-order valence-corrected chi connectivity index (χ0v) is 20.0. The quantitative estimate of drug-likeness (QED) is 0.420. The van der Waals surface area contributed by atoms with Crippen molar-refractivity contribution in [2.75, 3.05) is 14.9 Å². The molecule has 8 heteroatoms. The number of rotatable bonds is 5. The van der Waals surface area contributed by atoms with Gasteiger partial charge in [0.2, 0.25) is 11.8 Å². The van der Waals surface area contributed by atoms with Crippen molar-refractivity contribution in [1.29, 1.82) is 0 Å². The highest BCUT2D eigenvalue weighted by Gasteiger charge is 2.36. The third-order valence-electron chi connectivity index (χ3n) is 5.36. The average molecular weight is 484 g/mol. The van der Waals surface area contributed by atoms with Crippen molar-refractivity contribution in [1.82, 2.24) is 0 Å². The van der Waals surface area contributed by atoms with Crippen molar-refractivity contribution in [2.24, 2.45) is 0 Å². The van der Waals surface area contributed by atoms with Crippen LogP contribution < -0.4 is 14.9 Å². The Labute approximate surface area is 201 Å². The molecule has 0 aromatic heterocycles. The SMILES string of the molecule is Cc1cc(C)c(SN2c3ccccc3NC(=O)C2CC(=O)Nc2cc(F)ccc2Cl)c(C)c1. The molecule has 1 heterocycles. The summed E-state index contributed by atoms with van der Waals surface area (Å²) in [5.74, 6) is -1.24. The number of aryl methyl sites for hydroxylation is 3. The third-order valence-corrected chi connectivity index (χ3v) is 7.16. The summed E-state index contributed by atoms with van der Waals surface area (Å²) in [6.45, 7) is 6.11. The summed E-state index contributed by atoms with van der Waals surface area (Å²) in [5, 5.41) is 5.75. The van der Waals surface area contributed by atoms with Crippen molar-refractivity contribution in [3.05, 3.63) is 82.1 Å². The Morgan fingerprint density at radius 3 is 2.55 bits per heavy atom. The number of para-hydroxylation sites is 2. The fourth-order valence-corrected chi connectivity index (χ4v) is 5.25. The summed E-state index contributed by atoms with van der Waals surface area (Å²) in [7, 11) is 0. The second-order valence-corrected chi connectivity index (χ2v) is 9.44. The molecule has 33 heavy (non-hydrogen) atoms. The van der Waals surface area contributed by atoms with E-state index in [2.05, 4.69) is 22.8 Å². The van der Waals surface area contributed by atoms with E-state index in [1.54, 1.807) is 0 Å². The minimum Gasteiger partial charge on any atom is -0.325 e. The van der Waals surface area contributed by atoms with Gasteiger partial charge in [0.1, 0.15) is 11.9 Å². The molecule has 2 amide bonds. The Morgan fingerprint density at radius 2 is 1.82 bits per heavy atom. The summed E-state index contributed by atoms with van der Waals surface area (Å²) < 4.78 is 15.5. The van der Waals surface area contributed by atoms with Gasteiger partial charge in [-0.3, -0.25) is 13.9 Å². The van der Waals surface area contributed by atoms with E-state index in [0.717, 1.165) is 33.3 Å². The van der Waals surface area contributed by atoms with Gasteiger partial charge < -0.3 is 10.6 Å². The van der Waals surface area contributed by atoms with E-state index in [1.165, 1.54) is 24.1 Å². The first-order chi connectivity index (χ1) is 15.7. The first kappa shape index (κ1) is 23.1. The van der Waals surface area contributed by atoms with Crippen LogP contribution in [0.5, 0.6) is 0 Å². The minimum atomic E-state index is -0.780. The highest BCUT2D eigenvalue weighted by atomic mass is 35.5. The zero-order valence-electron chi connectivity index (χ0n) is 18.4. The van der Waals surface area contributed by atoms with Gasteiger partial charge in [0.15, 0.2) is 0 Å². The molecule has 4 rings (SSSR count). The molecule has 0 bridgehead atoms. The highest BCUT2D eigenvalue weighted by Crippen LogP contribution is 2.42. The number of benzene rings is 3. The first-order valence-corrected chi connectivity index (χ1v) is 11.6. The van der Waals surface area contributed by atoms with Crippen LogP contribution in [0.15, 0.2) is 59.5 Å². The number of amides is 2. The average Bonchev–Trinajstić information content (AvgIpc) is 2.75. The number of nitrogens with one attached hydrogen (secondary N) is 2. The maximum absolute atomic E-state index is 13.6. The third kappa shape index (κ3) is 4.99. The van der Waals surface area contributed by atoms with Gasteiger partial charge in [-0.05, 0) is 74.2 Å². The predicted molar refractivity (Wildman–Crippen MR) is 133 cm³/mol. The van der Waals surface area contributed by atoms with Crippen LogP contribution in [0.4, 0.5) is 21.5 Å².